The lowest BCUT2D eigenvalue weighted by Gasteiger charge is -2.12. The zero-order chi connectivity index (χ0) is 18.7. The highest BCUT2D eigenvalue weighted by atomic mass is 16.5. The van der Waals surface area contributed by atoms with E-state index in [1.807, 2.05) is 0 Å². The van der Waals surface area contributed by atoms with Crippen molar-refractivity contribution in [3.8, 4) is 28.4 Å². The standard InChI is InChI=1S/C19H19N3O4/c1-12(26-2)19(25)21-13-3-5-14(6-4-13)22-17(9-10-20-22)16-8-7-15(23)11-18(16)24/h3-12,23-24H,1-2H3,(H,21,25). The zero-order valence-corrected chi connectivity index (χ0v) is 14.4. The van der Waals surface area contributed by atoms with E-state index < -0.39 is 6.10 Å². The average Bonchev–Trinajstić information content (AvgIpc) is 3.11. The normalized spacial score (nSPS) is 11.9. The van der Waals surface area contributed by atoms with E-state index in [0.29, 0.717) is 16.9 Å². The van der Waals surface area contributed by atoms with Gasteiger partial charge in [0.25, 0.3) is 5.91 Å². The molecule has 1 atom stereocenters. The number of carbonyl (C=O) groups is 1. The Bertz CT molecular complexity index is 919. The largest absolute Gasteiger partial charge is 0.508 e. The summed E-state index contributed by atoms with van der Waals surface area (Å²) in [5.41, 5.74) is 2.62. The molecule has 0 aliphatic heterocycles. The number of hydrogen-bond acceptors (Lipinski definition) is 5. The first-order valence-electron chi connectivity index (χ1n) is 8.00. The van der Waals surface area contributed by atoms with Crippen molar-refractivity contribution in [1.82, 2.24) is 9.78 Å². The number of nitrogens with zero attached hydrogens (tertiary/aromatic N) is 2. The van der Waals surface area contributed by atoms with Crippen molar-refractivity contribution in [2.45, 2.75) is 13.0 Å². The molecule has 0 radical (unpaired) electrons. The second kappa shape index (κ2) is 7.28. The monoisotopic (exact) mass is 353 g/mol. The number of phenolic OH excluding ortho intramolecular Hbond substituents is 2. The number of hydrogen-bond donors (Lipinski definition) is 3. The van der Waals surface area contributed by atoms with E-state index >= 15 is 0 Å². The summed E-state index contributed by atoms with van der Waals surface area (Å²) in [6.45, 7) is 1.67. The summed E-state index contributed by atoms with van der Waals surface area (Å²) in [5, 5.41) is 26.6. The van der Waals surface area contributed by atoms with Crippen LogP contribution in [-0.2, 0) is 9.53 Å². The quantitative estimate of drug-likeness (QED) is 0.655. The summed E-state index contributed by atoms with van der Waals surface area (Å²) >= 11 is 0. The Balaban J connectivity index is 1.87. The van der Waals surface area contributed by atoms with E-state index in [1.165, 1.54) is 19.2 Å². The molecular weight excluding hydrogens is 334 g/mol. The highest BCUT2D eigenvalue weighted by Crippen LogP contribution is 2.33. The first-order valence-corrected chi connectivity index (χ1v) is 8.00. The highest BCUT2D eigenvalue weighted by molar-refractivity contribution is 5.93. The first-order chi connectivity index (χ1) is 12.5. The van der Waals surface area contributed by atoms with Crippen LogP contribution in [-0.4, -0.2) is 39.1 Å². The maximum absolute atomic E-state index is 11.9. The lowest BCUT2D eigenvalue weighted by atomic mass is 10.1. The van der Waals surface area contributed by atoms with Crippen LogP contribution in [0.3, 0.4) is 0 Å². The molecule has 0 saturated heterocycles. The number of aromatic hydroxyl groups is 2. The number of ether oxygens (including phenoxy) is 1. The van der Waals surface area contributed by atoms with Crippen molar-refractivity contribution < 1.29 is 19.7 Å². The molecule has 0 fully saturated rings. The summed E-state index contributed by atoms with van der Waals surface area (Å²) in [4.78, 5) is 11.9. The van der Waals surface area contributed by atoms with Crippen LogP contribution in [0, 0.1) is 0 Å². The summed E-state index contributed by atoms with van der Waals surface area (Å²) in [6.07, 6.45) is 1.09. The number of phenols is 2. The topological polar surface area (TPSA) is 96.6 Å². The molecule has 3 aromatic rings. The average molecular weight is 353 g/mol. The minimum absolute atomic E-state index is 0.0114. The maximum Gasteiger partial charge on any atom is 0.253 e. The molecule has 0 aliphatic carbocycles. The van der Waals surface area contributed by atoms with Gasteiger partial charge in [-0.25, -0.2) is 4.68 Å². The zero-order valence-electron chi connectivity index (χ0n) is 14.4. The number of nitrogens with one attached hydrogen (secondary N) is 1. The SMILES string of the molecule is COC(C)C(=O)Nc1ccc(-n2nccc2-c2ccc(O)cc2O)cc1. The Labute approximate surface area is 150 Å². The van der Waals surface area contributed by atoms with Crippen LogP contribution in [0.15, 0.2) is 54.7 Å². The van der Waals surface area contributed by atoms with E-state index in [1.54, 1.807) is 54.2 Å². The van der Waals surface area contributed by atoms with E-state index in [2.05, 4.69) is 10.4 Å². The van der Waals surface area contributed by atoms with Gasteiger partial charge in [0.2, 0.25) is 0 Å². The summed E-state index contributed by atoms with van der Waals surface area (Å²) in [7, 11) is 1.48. The molecule has 0 bridgehead atoms. The van der Waals surface area contributed by atoms with Gasteiger partial charge in [0.05, 0.1) is 17.6 Å². The van der Waals surface area contributed by atoms with Gasteiger partial charge in [0.1, 0.15) is 17.6 Å². The van der Waals surface area contributed by atoms with Gasteiger partial charge in [-0.1, -0.05) is 0 Å². The molecular formula is C19H19N3O4. The van der Waals surface area contributed by atoms with Crippen molar-refractivity contribution >= 4 is 11.6 Å². The van der Waals surface area contributed by atoms with Gasteiger partial charge < -0.3 is 20.3 Å². The molecule has 1 unspecified atom stereocenters. The number of rotatable bonds is 5. The van der Waals surface area contributed by atoms with Gasteiger partial charge in [-0.2, -0.15) is 5.10 Å². The summed E-state index contributed by atoms with van der Waals surface area (Å²) in [5.74, 6) is -0.277. The predicted molar refractivity (Wildman–Crippen MR) is 97.4 cm³/mol. The molecule has 1 amide bonds. The molecule has 134 valence electrons. The molecule has 26 heavy (non-hydrogen) atoms. The molecule has 3 N–H and O–H groups in total. The van der Waals surface area contributed by atoms with Gasteiger partial charge in [-0.05, 0) is 49.4 Å². The Morgan fingerprint density at radius 3 is 2.54 bits per heavy atom. The number of aromatic nitrogens is 2. The fourth-order valence-corrected chi connectivity index (χ4v) is 2.49. The minimum atomic E-state index is -0.537. The Morgan fingerprint density at radius 2 is 1.88 bits per heavy atom. The van der Waals surface area contributed by atoms with E-state index in [0.717, 1.165) is 5.69 Å². The van der Waals surface area contributed by atoms with Gasteiger partial charge in [-0.15, -0.1) is 0 Å². The van der Waals surface area contributed by atoms with Gasteiger partial charge in [-0.3, -0.25) is 4.79 Å². The maximum atomic E-state index is 11.9. The minimum Gasteiger partial charge on any atom is -0.508 e. The Hall–Kier alpha value is -3.32. The van der Waals surface area contributed by atoms with Gasteiger partial charge >= 0.3 is 0 Å². The van der Waals surface area contributed by atoms with Crippen LogP contribution in [0.5, 0.6) is 11.5 Å². The number of amides is 1. The van der Waals surface area contributed by atoms with E-state index in [9.17, 15) is 15.0 Å². The number of methoxy groups -OCH3 is 1. The first kappa shape index (κ1) is 17.5. The fourth-order valence-electron chi connectivity index (χ4n) is 2.49. The van der Waals surface area contributed by atoms with Crippen molar-refractivity contribution in [2.24, 2.45) is 0 Å². The molecule has 0 spiro atoms. The van der Waals surface area contributed by atoms with Crippen LogP contribution in [0.1, 0.15) is 6.92 Å². The Morgan fingerprint density at radius 1 is 1.15 bits per heavy atom. The van der Waals surface area contributed by atoms with E-state index in [-0.39, 0.29) is 17.4 Å². The molecule has 7 heteroatoms. The third-order valence-corrected chi connectivity index (χ3v) is 4.00. The lowest BCUT2D eigenvalue weighted by molar-refractivity contribution is -0.124. The molecule has 2 aromatic carbocycles. The van der Waals surface area contributed by atoms with E-state index in [4.69, 9.17) is 4.74 Å². The summed E-state index contributed by atoms with van der Waals surface area (Å²) in [6, 6.07) is 13.3. The van der Waals surface area contributed by atoms with Crippen LogP contribution in [0.25, 0.3) is 16.9 Å². The van der Waals surface area contributed by atoms with Crippen molar-refractivity contribution in [1.29, 1.82) is 0 Å². The smallest absolute Gasteiger partial charge is 0.253 e. The van der Waals surface area contributed by atoms with Crippen molar-refractivity contribution in [3.63, 3.8) is 0 Å². The number of benzene rings is 2. The summed E-state index contributed by atoms with van der Waals surface area (Å²) < 4.78 is 6.65. The third-order valence-electron chi connectivity index (χ3n) is 4.00. The number of anilines is 1. The molecule has 1 aromatic heterocycles. The highest BCUT2D eigenvalue weighted by Gasteiger charge is 2.13. The molecule has 7 nitrogen and oxygen atoms in total. The molecule has 1 heterocycles. The van der Waals surface area contributed by atoms with Crippen molar-refractivity contribution in [2.75, 3.05) is 12.4 Å². The number of carbonyl (C=O) groups excluding carboxylic acids is 1. The van der Waals surface area contributed by atoms with Gasteiger partial charge in [0.15, 0.2) is 0 Å². The Kier molecular flexibility index (Phi) is 4.90. The van der Waals surface area contributed by atoms with Crippen LogP contribution in [0.4, 0.5) is 5.69 Å². The van der Waals surface area contributed by atoms with Crippen LogP contribution >= 0.6 is 0 Å². The lowest BCUT2D eigenvalue weighted by Crippen LogP contribution is -2.26. The van der Waals surface area contributed by atoms with Gasteiger partial charge in [0, 0.05) is 24.4 Å². The second-order valence-corrected chi connectivity index (χ2v) is 5.74. The van der Waals surface area contributed by atoms with Crippen molar-refractivity contribution in [3.05, 3.63) is 54.7 Å². The molecule has 0 saturated carbocycles. The third kappa shape index (κ3) is 3.52. The van der Waals surface area contributed by atoms with Crippen LogP contribution < -0.4 is 5.32 Å². The second-order valence-electron chi connectivity index (χ2n) is 5.74. The molecule has 3 rings (SSSR count). The van der Waals surface area contributed by atoms with Crippen LogP contribution in [0.2, 0.25) is 0 Å². The fraction of sp³-hybridized carbons (Fsp3) is 0.158. The predicted octanol–water partition coefficient (Wildman–Crippen LogP) is 2.92. The molecule has 0 aliphatic rings.